The number of rotatable bonds is 5. The number of thioether (sulfide) groups is 1. The molecule has 4 fully saturated rings. The average molecular weight is 349 g/mol. The Morgan fingerprint density at radius 1 is 1.21 bits per heavy atom. The molecule has 1 aromatic rings. The van der Waals surface area contributed by atoms with Crippen LogP contribution < -0.4 is 5.32 Å². The van der Waals surface area contributed by atoms with Crippen molar-refractivity contribution in [2.75, 3.05) is 0 Å². The van der Waals surface area contributed by atoms with Crippen LogP contribution in [0.25, 0.3) is 0 Å². The molecule has 1 unspecified atom stereocenters. The molecule has 4 saturated carbocycles. The number of nitrogens with one attached hydrogen (secondary N) is 1. The predicted octanol–water partition coefficient (Wildman–Crippen LogP) is 3.42. The fourth-order valence-corrected chi connectivity index (χ4v) is 6.47. The van der Waals surface area contributed by atoms with E-state index in [2.05, 4.69) is 29.4 Å². The quantitative estimate of drug-likeness (QED) is 0.828. The lowest BCUT2D eigenvalue weighted by molar-refractivity contribution is -0.126. The molecule has 0 spiro atoms. The van der Waals surface area contributed by atoms with Gasteiger partial charge in [-0.2, -0.15) is 0 Å². The zero-order valence-electron chi connectivity index (χ0n) is 14.9. The van der Waals surface area contributed by atoms with E-state index >= 15 is 0 Å². The number of aromatic nitrogens is 3. The molecule has 4 aliphatic rings. The summed E-state index contributed by atoms with van der Waals surface area (Å²) in [7, 11) is 0. The Bertz CT molecular complexity index is 591. The normalized spacial score (nSPS) is 35.4. The lowest BCUT2D eigenvalue weighted by Crippen LogP contribution is -2.60. The summed E-state index contributed by atoms with van der Waals surface area (Å²) in [5, 5.41) is 12.3. The van der Waals surface area contributed by atoms with Crippen LogP contribution in [0.2, 0.25) is 0 Å². The lowest BCUT2D eigenvalue weighted by atomic mass is 9.53. The van der Waals surface area contributed by atoms with E-state index in [0.29, 0.717) is 6.04 Å². The van der Waals surface area contributed by atoms with Gasteiger partial charge in [0.15, 0.2) is 5.16 Å². The van der Waals surface area contributed by atoms with Crippen LogP contribution in [-0.4, -0.2) is 31.5 Å². The molecule has 0 aliphatic heterocycles. The number of hydrogen-bond donors (Lipinski definition) is 1. The standard InChI is InChI=1S/C18H28N4OS/c1-11(2)22-10-19-21-17(22)24-12(3)16(23)20-18-7-13-4-14(8-18)6-15(5-13)9-18/h10-15H,4-9H2,1-3H3,(H,20,23). The van der Waals surface area contributed by atoms with Gasteiger partial charge < -0.3 is 9.88 Å². The molecule has 0 radical (unpaired) electrons. The van der Waals surface area contributed by atoms with Gasteiger partial charge in [-0.05, 0) is 77.0 Å². The van der Waals surface area contributed by atoms with Crippen LogP contribution in [0.4, 0.5) is 0 Å². The molecule has 0 aromatic carbocycles. The number of nitrogens with zero attached hydrogens (tertiary/aromatic N) is 3. The maximum Gasteiger partial charge on any atom is 0.233 e. The number of amides is 1. The zero-order valence-corrected chi connectivity index (χ0v) is 15.7. The maximum atomic E-state index is 12.8. The molecule has 1 heterocycles. The zero-order chi connectivity index (χ0) is 16.9. The van der Waals surface area contributed by atoms with Crippen molar-refractivity contribution in [2.24, 2.45) is 17.8 Å². The van der Waals surface area contributed by atoms with Crippen LogP contribution in [0.5, 0.6) is 0 Å². The number of carbonyl (C=O) groups excluding carboxylic acids is 1. The third-order valence-corrected chi connectivity index (χ3v) is 7.25. The molecule has 5 rings (SSSR count). The first kappa shape index (κ1) is 16.4. The Labute approximate surface area is 148 Å². The van der Waals surface area contributed by atoms with Gasteiger partial charge in [-0.1, -0.05) is 11.8 Å². The Hall–Kier alpha value is -1.04. The molecule has 5 nitrogen and oxygen atoms in total. The third-order valence-electron chi connectivity index (χ3n) is 6.17. The molecular weight excluding hydrogens is 320 g/mol. The molecule has 4 bridgehead atoms. The summed E-state index contributed by atoms with van der Waals surface area (Å²) in [5.41, 5.74) is 0.0897. The predicted molar refractivity (Wildman–Crippen MR) is 94.8 cm³/mol. The smallest absolute Gasteiger partial charge is 0.233 e. The Morgan fingerprint density at radius 3 is 2.33 bits per heavy atom. The highest BCUT2D eigenvalue weighted by atomic mass is 32.2. The van der Waals surface area contributed by atoms with E-state index in [9.17, 15) is 4.79 Å². The SMILES string of the molecule is CC(Sc1nncn1C(C)C)C(=O)NC12CC3CC(CC(C3)C1)C2. The molecule has 132 valence electrons. The van der Waals surface area contributed by atoms with Crippen molar-refractivity contribution in [2.45, 2.75) is 81.3 Å². The van der Waals surface area contributed by atoms with E-state index in [-0.39, 0.29) is 16.7 Å². The van der Waals surface area contributed by atoms with Crippen LogP contribution in [0.1, 0.15) is 65.3 Å². The van der Waals surface area contributed by atoms with Crippen molar-refractivity contribution < 1.29 is 4.79 Å². The van der Waals surface area contributed by atoms with Crippen molar-refractivity contribution in [1.29, 1.82) is 0 Å². The van der Waals surface area contributed by atoms with Crippen LogP contribution in [0, 0.1) is 17.8 Å². The van der Waals surface area contributed by atoms with E-state index in [0.717, 1.165) is 22.9 Å². The van der Waals surface area contributed by atoms with Crippen molar-refractivity contribution in [1.82, 2.24) is 20.1 Å². The second-order valence-corrected chi connectivity index (χ2v) is 9.87. The third kappa shape index (κ3) is 2.98. The van der Waals surface area contributed by atoms with Gasteiger partial charge in [0.25, 0.3) is 0 Å². The molecule has 1 aromatic heterocycles. The van der Waals surface area contributed by atoms with Gasteiger partial charge in [-0.3, -0.25) is 4.79 Å². The molecule has 6 heteroatoms. The second-order valence-electron chi connectivity index (χ2n) is 8.56. The van der Waals surface area contributed by atoms with Crippen molar-refractivity contribution >= 4 is 17.7 Å². The van der Waals surface area contributed by atoms with Crippen LogP contribution in [0.3, 0.4) is 0 Å². The van der Waals surface area contributed by atoms with Crippen molar-refractivity contribution in [3.8, 4) is 0 Å². The van der Waals surface area contributed by atoms with Crippen LogP contribution in [-0.2, 0) is 4.79 Å². The summed E-state index contributed by atoms with van der Waals surface area (Å²) in [6.07, 6.45) is 9.54. The van der Waals surface area contributed by atoms with Gasteiger partial charge in [0.2, 0.25) is 5.91 Å². The number of carbonyl (C=O) groups is 1. The molecule has 1 amide bonds. The topological polar surface area (TPSA) is 59.8 Å². The highest BCUT2D eigenvalue weighted by molar-refractivity contribution is 8.00. The molecule has 4 aliphatic carbocycles. The van der Waals surface area contributed by atoms with E-state index in [1.165, 1.54) is 50.3 Å². The minimum absolute atomic E-state index is 0.0897. The fourth-order valence-electron chi connectivity index (χ4n) is 5.51. The molecular formula is C18H28N4OS. The van der Waals surface area contributed by atoms with Gasteiger partial charge in [0, 0.05) is 11.6 Å². The summed E-state index contributed by atoms with van der Waals surface area (Å²) in [6, 6.07) is 0.306. The first-order valence-electron chi connectivity index (χ1n) is 9.32. The van der Waals surface area contributed by atoms with Crippen molar-refractivity contribution in [3.05, 3.63) is 6.33 Å². The van der Waals surface area contributed by atoms with Gasteiger partial charge in [-0.15, -0.1) is 10.2 Å². The molecule has 1 atom stereocenters. The maximum absolute atomic E-state index is 12.8. The fraction of sp³-hybridized carbons (Fsp3) is 0.833. The summed E-state index contributed by atoms with van der Waals surface area (Å²) in [5.74, 6) is 2.72. The summed E-state index contributed by atoms with van der Waals surface area (Å²) in [4.78, 5) is 12.8. The minimum atomic E-state index is -0.139. The first-order valence-corrected chi connectivity index (χ1v) is 10.2. The first-order chi connectivity index (χ1) is 11.4. The average Bonchev–Trinajstić information content (AvgIpc) is 2.93. The van der Waals surface area contributed by atoms with Crippen LogP contribution in [0.15, 0.2) is 11.5 Å². The van der Waals surface area contributed by atoms with E-state index in [1.807, 2.05) is 11.5 Å². The van der Waals surface area contributed by atoms with Gasteiger partial charge >= 0.3 is 0 Å². The number of hydrogen-bond acceptors (Lipinski definition) is 4. The van der Waals surface area contributed by atoms with E-state index in [1.54, 1.807) is 6.33 Å². The largest absolute Gasteiger partial charge is 0.350 e. The Kier molecular flexibility index (Phi) is 4.14. The summed E-state index contributed by atoms with van der Waals surface area (Å²) >= 11 is 1.52. The highest BCUT2D eigenvalue weighted by Gasteiger charge is 2.51. The molecule has 24 heavy (non-hydrogen) atoms. The summed E-state index contributed by atoms with van der Waals surface area (Å²) < 4.78 is 2.03. The Morgan fingerprint density at radius 2 is 1.79 bits per heavy atom. The highest BCUT2D eigenvalue weighted by Crippen LogP contribution is 2.55. The second kappa shape index (κ2) is 6.04. The van der Waals surface area contributed by atoms with Gasteiger partial charge in [-0.25, -0.2) is 0 Å². The van der Waals surface area contributed by atoms with E-state index in [4.69, 9.17) is 0 Å². The van der Waals surface area contributed by atoms with Crippen LogP contribution >= 0.6 is 11.8 Å². The monoisotopic (exact) mass is 348 g/mol. The van der Waals surface area contributed by atoms with Crippen molar-refractivity contribution in [3.63, 3.8) is 0 Å². The molecule has 0 saturated heterocycles. The van der Waals surface area contributed by atoms with Gasteiger partial charge in [0.05, 0.1) is 5.25 Å². The van der Waals surface area contributed by atoms with Gasteiger partial charge in [0.1, 0.15) is 6.33 Å². The summed E-state index contributed by atoms with van der Waals surface area (Å²) in [6.45, 7) is 6.20. The van der Waals surface area contributed by atoms with E-state index < -0.39 is 0 Å². The Balaban J connectivity index is 1.42. The lowest BCUT2D eigenvalue weighted by Gasteiger charge is -2.57. The minimum Gasteiger partial charge on any atom is -0.350 e. The molecule has 1 N–H and O–H groups in total.